The van der Waals surface area contributed by atoms with Gasteiger partial charge in [-0.1, -0.05) is 0 Å². The van der Waals surface area contributed by atoms with Crippen LogP contribution in [0, 0.1) is 5.41 Å². The van der Waals surface area contributed by atoms with E-state index in [0.29, 0.717) is 5.96 Å². The normalized spacial score (nSPS) is 6.82. The molecule has 0 aliphatic rings. The van der Waals surface area contributed by atoms with Crippen molar-refractivity contribution in [2.24, 2.45) is 0 Å². The molecule has 0 rings (SSSR count). The minimum Gasteiger partial charge on any atom is -0.373 e. The molecule has 0 aromatic rings. The molecule has 0 aromatic carbocycles. The van der Waals surface area contributed by atoms with E-state index < -0.39 is 0 Å². The topological polar surface area (TPSA) is 88.8 Å². The van der Waals surface area contributed by atoms with Crippen molar-refractivity contribution in [3.63, 3.8) is 0 Å². The van der Waals surface area contributed by atoms with Crippen LogP contribution >= 0.6 is 0 Å². The van der Waals surface area contributed by atoms with Crippen molar-refractivity contribution < 1.29 is 4.58 Å². The van der Waals surface area contributed by atoms with Gasteiger partial charge in [0.05, 0.1) is 21.1 Å². The van der Waals surface area contributed by atoms with Crippen LogP contribution < -0.4 is 0 Å². The monoisotopic (exact) mass is 156 g/mol. The Bertz CT molecular complexity index is 175. The smallest absolute Gasteiger partial charge is 0.373 e. The number of nitrogens with one attached hydrogen (secondary N) is 1. The second-order valence-electron chi connectivity index (χ2n) is 2.01. The van der Waals surface area contributed by atoms with Gasteiger partial charge in [0.25, 0.3) is 0 Å². The van der Waals surface area contributed by atoms with Crippen molar-refractivity contribution in [1.82, 2.24) is 4.90 Å². The summed E-state index contributed by atoms with van der Waals surface area (Å²) in [5.41, 5.74) is 13.5. The number of hydrogen-bond acceptors (Lipinski definition) is 1. The lowest BCUT2D eigenvalue weighted by Crippen LogP contribution is -2.29. The average molecular weight is 156 g/mol. The molecule has 0 aromatic heterocycles. The summed E-state index contributed by atoms with van der Waals surface area (Å²) >= 11 is 0. The fraction of sp³-hybridized carbons (Fsp3) is 0.600. The lowest BCUT2D eigenvalue weighted by Gasteiger charge is -2.04. The Balaban J connectivity index is 0. The highest BCUT2D eigenvalue weighted by atomic mass is 15.3. The quantitative estimate of drug-likeness (QED) is 0.137. The van der Waals surface area contributed by atoms with Gasteiger partial charge in [0.1, 0.15) is 0 Å². The Labute approximate surface area is 65.7 Å². The lowest BCUT2D eigenvalue weighted by molar-refractivity contribution is -0.374. The molecule has 0 aliphatic carbocycles. The molecular formula is C5H12N6. The lowest BCUT2D eigenvalue weighted by atomic mass is 10.8. The second kappa shape index (κ2) is 6.57. The Morgan fingerprint density at radius 2 is 1.82 bits per heavy atom. The van der Waals surface area contributed by atoms with E-state index in [0.717, 1.165) is 0 Å². The first-order valence-electron chi connectivity index (χ1n) is 2.76. The van der Waals surface area contributed by atoms with E-state index in [9.17, 15) is 0 Å². The van der Waals surface area contributed by atoms with Gasteiger partial charge in [-0.2, -0.15) is 0 Å². The molecule has 0 fully saturated rings. The molecule has 0 saturated carbocycles. The fourth-order valence-corrected chi connectivity index (χ4v) is 0.341. The Hall–Kier alpha value is -1.55. The van der Waals surface area contributed by atoms with Gasteiger partial charge < -0.3 is 11.1 Å². The van der Waals surface area contributed by atoms with Gasteiger partial charge in [-0.05, 0) is 0 Å². The van der Waals surface area contributed by atoms with E-state index in [4.69, 9.17) is 16.5 Å². The van der Waals surface area contributed by atoms with E-state index in [1.807, 2.05) is 14.1 Å². The van der Waals surface area contributed by atoms with Gasteiger partial charge in [-0.3, -0.25) is 9.81 Å². The number of guanidine groups is 1. The first-order valence-corrected chi connectivity index (χ1v) is 2.76. The zero-order chi connectivity index (χ0) is 9.44. The second-order valence-corrected chi connectivity index (χ2v) is 2.01. The van der Waals surface area contributed by atoms with Crippen molar-refractivity contribution in [3.8, 4) is 0 Å². The van der Waals surface area contributed by atoms with Gasteiger partial charge in [0, 0.05) is 6.72 Å². The van der Waals surface area contributed by atoms with Crippen LogP contribution in [0.2, 0.25) is 0 Å². The molecule has 62 valence electrons. The summed E-state index contributed by atoms with van der Waals surface area (Å²) in [5, 5.41) is 7.19. The van der Waals surface area contributed by atoms with Crippen LogP contribution in [0.5, 0.6) is 0 Å². The van der Waals surface area contributed by atoms with E-state index >= 15 is 0 Å². The molecule has 0 atom stereocenters. The van der Waals surface area contributed by atoms with E-state index in [1.165, 1.54) is 9.49 Å². The van der Waals surface area contributed by atoms with Crippen molar-refractivity contribution in [2.75, 3.05) is 21.1 Å². The molecular weight excluding hydrogens is 144 g/mol. The van der Waals surface area contributed by atoms with Crippen LogP contribution in [-0.2, 0) is 0 Å². The SMILES string of the molecule is C=[N+](C)C(=N)N(C)C.[N-]=[N+]=[N-]. The average Bonchev–Trinajstić information content (AvgIpc) is 1.87. The third-order valence-electron chi connectivity index (χ3n) is 0.785. The van der Waals surface area contributed by atoms with Crippen molar-refractivity contribution in [2.45, 2.75) is 0 Å². The summed E-state index contributed by atoms with van der Waals surface area (Å²) in [7, 11) is 5.36. The number of hydrogen-bond donors (Lipinski definition) is 1. The van der Waals surface area contributed by atoms with Crippen LogP contribution in [0.3, 0.4) is 0 Å². The van der Waals surface area contributed by atoms with Gasteiger partial charge in [0.15, 0.2) is 0 Å². The third-order valence-corrected chi connectivity index (χ3v) is 0.785. The maximum absolute atomic E-state index is 7.19. The van der Waals surface area contributed by atoms with Crippen LogP contribution in [0.25, 0.3) is 16.0 Å². The maximum Gasteiger partial charge on any atom is 0.384 e. The van der Waals surface area contributed by atoms with Crippen molar-refractivity contribution >= 4 is 12.7 Å². The van der Waals surface area contributed by atoms with Crippen molar-refractivity contribution in [1.29, 1.82) is 5.41 Å². The number of rotatable bonds is 0. The highest BCUT2D eigenvalue weighted by Crippen LogP contribution is 1.75. The molecule has 0 heterocycles. The molecule has 0 amide bonds. The maximum atomic E-state index is 7.19. The molecule has 0 bridgehead atoms. The summed E-state index contributed by atoms with van der Waals surface area (Å²) in [5.74, 6) is 0.407. The highest BCUT2D eigenvalue weighted by molar-refractivity contribution is 5.68. The molecule has 0 saturated heterocycles. The van der Waals surface area contributed by atoms with Crippen LogP contribution in [0.15, 0.2) is 0 Å². The highest BCUT2D eigenvalue weighted by Gasteiger charge is 2.04. The summed E-state index contributed by atoms with van der Waals surface area (Å²) in [4.78, 5) is 3.19. The molecule has 0 aliphatic heterocycles. The van der Waals surface area contributed by atoms with Gasteiger partial charge in [-0.15, -0.1) is 5.41 Å². The minimum absolute atomic E-state index is 0.407. The molecule has 0 spiro atoms. The molecule has 6 heteroatoms. The van der Waals surface area contributed by atoms with E-state index in [2.05, 4.69) is 6.72 Å². The predicted octanol–water partition coefficient (Wildman–Crippen LogP) is 0.692. The van der Waals surface area contributed by atoms with Crippen LogP contribution in [0.4, 0.5) is 0 Å². The summed E-state index contributed by atoms with van der Waals surface area (Å²) in [6.45, 7) is 3.53. The van der Waals surface area contributed by atoms with Gasteiger partial charge >= 0.3 is 5.96 Å². The molecule has 1 N–H and O–H groups in total. The first-order chi connectivity index (χ1) is 4.97. The Morgan fingerprint density at radius 1 is 1.55 bits per heavy atom. The van der Waals surface area contributed by atoms with E-state index in [-0.39, 0.29) is 0 Å². The molecule has 11 heavy (non-hydrogen) atoms. The fourth-order valence-electron chi connectivity index (χ4n) is 0.341. The molecule has 0 radical (unpaired) electrons. The number of nitrogens with zero attached hydrogens (tertiary/aromatic N) is 5. The van der Waals surface area contributed by atoms with Crippen LogP contribution in [-0.4, -0.2) is 43.3 Å². The Morgan fingerprint density at radius 3 is 1.82 bits per heavy atom. The zero-order valence-electron chi connectivity index (χ0n) is 6.94. The third kappa shape index (κ3) is 8.45. The summed E-state index contributed by atoms with van der Waals surface area (Å²) in [6, 6.07) is 0. The Kier molecular flexibility index (Phi) is 7.26. The zero-order valence-corrected chi connectivity index (χ0v) is 6.94. The standard InChI is InChI=1S/C5H12N3.N3/c1-7(2)5(6)8(3)4;1-3-2/h6H,1H2,2-4H3;/q+1;-1. The predicted molar refractivity (Wildman–Crippen MR) is 44.8 cm³/mol. The minimum atomic E-state index is 0.407. The summed E-state index contributed by atoms with van der Waals surface area (Å²) < 4.78 is 1.50. The first kappa shape index (κ1) is 12.2. The molecule has 6 nitrogen and oxygen atoms in total. The summed E-state index contributed by atoms with van der Waals surface area (Å²) in [6.07, 6.45) is 0. The van der Waals surface area contributed by atoms with Gasteiger partial charge in [0.2, 0.25) is 0 Å². The molecule has 0 unspecified atom stereocenters. The van der Waals surface area contributed by atoms with Crippen LogP contribution in [0.1, 0.15) is 0 Å². The van der Waals surface area contributed by atoms with Crippen molar-refractivity contribution in [3.05, 3.63) is 16.0 Å². The van der Waals surface area contributed by atoms with Gasteiger partial charge in [-0.25, -0.2) is 4.58 Å². The van der Waals surface area contributed by atoms with E-state index in [1.54, 1.807) is 11.9 Å². The largest absolute Gasteiger partial charge is 0.384 e.